The molecular formula is C24H27NO4. The molecule has 0 atom stereocenters. The second kappa shape index (κ2) is 8.27. The highest BCUT2D eigenvalue weighted by molar-refractivity contribution is 5.99. The van der Waals surface area contributed by atoms with E-state index in [-0.39, 0.29) is 17.6 Å². The van der Waals surface area contributed by atoms with E-state index in [1.54, 1.807) is 12.1 Å². The van der Waals surface area contributed by atoms with Crippen LogP contribution < -0.4 is 9.47 Å². The number of benzene rings is 2. The highest BCUT2D eigenvalue weighted by Crippen LogP contribution is 2.32. The molecule has 152 valence electrons. The maximum atomic E-state index is 12.9. The van der Waals surface area contributed by atoms with Gasteiger partial charge < -0.3 is 14.4 Å². The maximum absolute atomic E-state index is 12.9. The van der Waals surface area contributed by atoms with Gasteiger partial charge >= 0.3 is 0 Å². The number of Topliss-reactive ketones (excluding diaryl/α,β-unsaturated/α-hetero) is 1. The predicted octanol–water partition coefficient (Wildman–Crippen LogP) is 4.32. The average molecular weight is 393 g/mol. The number of hydrogen-bond donors (Lipinski definition) is 0. The van der Waals surface area contributed by atoms with Gasteiger partial charge in [-0.15, -0.1) is 0 Å². The number of amides is 1. The molecule has 2 heterocycles. The topological polar surface area (TPSA) is 55.8 Å². The van der Waals surface area contributed by atoms with Gasteiger partial charge in [0.05, 0.1) is 0 Å². The van der Waals surface area contributed by atoms with Crippen molar-refractivity contribution in [2.24, 2.45) is 5.92 Å². The summed E-state index contributed by atoms with van der Waals surface area (Å²) in [6.45, 7) is 6.52. The van der Waals surface area contributed by atoms with Gasteiger partial charge in [-0.2, -0.15) is 0 Å². The third kappa shape index (κ3) is 4.14. The zero-order valence-electron chi connectivity index (χ0n) is 17.0. The lowest BCUT2D eigenvalue weighted by Gasteiger charge is -2.31. The van der Waals surface area contributed by atoms with Crippen molar-refractivity contribution in [2.45, 2.75) is 32.6 Å². The molecule has 1 saturated heterocycles. The zero-order chi connectivity index (χ0) is 20.4. The zero-order valence-corrected chi connectivity index (χ0v) is 17.0. The van der Waals surface area contributed by atoms with Crippen LogP contribution in [0.25, 0.3) is 0 Å². The molecule has 5 heteroatoms. The van der Waals surface area contributed by atoms with Crippen molar-refractivity contribution in [3.8, 4) is 11.5 Å². The summed E-state index contributed by atoms with van der Waals surface area (Å²) < 4.78 is 11.1. The Morgan fingerprint density at radius 2 is 1.52 bits per heavy atom. The van der Waals surface area contributed by atoms with Gasteiger partial charge in [-0.3, -0.25) is 9.59 Å². The Balaban J connectivity index is 1.37. The van der Waals surface area contributed by atoms with Crippen LogP contribution in [0.2, 0.25) is 0 Å². The Morgan fingerprint density at radius 3 is 2.17 bits per heavy atom. The fourth-order valence-electron chi connectivity index (χ4n) is 3.97. The number of carbonyl (C=O) groups is 2. The number of ether oxygens (including phenoxy) is 2. The van der Waals surface area contributed by atoms with Crippen LogP contribution in [0.1, 0.15) is 58.9 Å². The molecule has 0 aliphatic carbocycles. The minimum absolute atomic E-state index is 0.0468. The first-order chi connectivity index (χ1) is 14.0. The van der Waals surface area contributed by atoms with Crippen LogP contribution in [0, 0.1) is 5.92 Å². The standard InChI is InChI=1S/C24H27NO4/c1-16(2)17-3-5-19(6-4-17)24(27)25-11-9-18(10-12-25)23(26)20-7-8-21-22(15-20)29-14-13-28-21/h3-8,15-16,18H,9-14H2,1-2H3. The number of likely N-dealkylation sites (tertiary alicyclic amines) is 1. The van der Waals surface area contributed by atoms with E-state index in [1.165, 1.54) is 5.56 Å². The monoisotopic (exact) mass is 393 g/mol. The summed E-state index contributed by atoms with van der Waals surface area (Å²) in [7, 11) is 0. The number of piperidine rings is 1. The largest absolute Gasteiger partial charge is 0.486 e. The first-order valence-corrected chi connectivity index (χ1v) is 10.4. The molecule has 4 rings (SSSR count). The highest BCUT2D eigenvalue weighted by Gasteiger charge is 2.29. The maximum Gasteiger partial charge on any atom is 0.253 e. The number of rotatable bonds is 4. The summed E-state index contributed by atoms with van der Waals surface area (Å²) in [5.74, 6) is 1.88. The summed E-state index contributed by atoms with van der Waals surface area (Å²) in [6.07, 6.45) is 1.37. The minimum Gasteiger partial charge on any atom is -0.486 e. The second-order valence-corrected chi connectivity index (χ2v) is 8.07. The summed E-state index contributed by atoms with van der Waals surface area (Å²) >= 11 is 0. The third-order valence-corrected chi connectivity index (χ3v) is 5.80. The summed E-state index contributed by atoms with van der Waals surface area (Å²) in [5, 5.41) is 0. The fraction of sp³-hybridized carbons (Fsp3) is 0.417. The Hall–Kier alpha value is -2.82. The summed E-state index contributed by atoms with van der Waals surface area (Å²) in [6, 6.07) is 13.3. The SMILES string of the molecule is CC(C)c1ccc(C(=O)N2CCC(C(=O)c3ccc4c(c3)OCCO4)CC2)cc1. The normalized spacial score (nSPS) is 16.7. The minimum atomic E-state index is -0.0649. The summed E-state index contributed by atoms with van der Waals surface area (Å²) in [4.78, 5) is 27.6. The van der Waals surface area contributed by atoms with E-state index in [1.807, 2.05) is 35.2 Å². The van der Waals surface area contributed by atoms with Crippen LogP contribution in [0.3, 0.4) is 0 Å². The van der Waals surface area contributed by atoms with E-state index in [0.717, 1.165) is 0 Å². The van der Waals surface area contributed by atoms with Crippen LogP contribution in [-0.4, -0.2) is 42.9 Å². The van der Waals surface area contributed by atoms with Gasteiger partial charge in [0.1, 0.15) is 13.2 Å². The molecule has 2 aliphatic rings. The van der Waals surface area contributed by atoms with E-state index in [4.69, 9.17) is 9.47 Å². The van der Waals surface area contributed by atoms with Gasteiger partial charge in [0.25, 0.3) is 5.91 Å². The van der Waals surface area contributed by atoms with Gasteiger partial charge in [-0.1, -0.05) is 26.0 Å². The molecule has 0 unspecified atom stereocenters. The van der Waals surface area contributed by atoms with Crippen molar-refractivity contribution in [1.82, 2.24) is 4.90 Å². The van der Waals surface area contributed by atoms with Gasteiger partial charge in [0.2, 0.25) is 0 Å². The molecule has 0 aromatic heterocycles. The quantitative estimate of drug-likeness (QED) is 0.726. The van der Waals surface area contributed by atoms with Crippen LogP contribution in [-0.2, 0) is 0 Å². The van der Waals surface area contributed by atoms with Gasteiger partial charge in [0.15, 0.2) is 17.3 Å². The third-order valence-electron chi connectivity index (χ3n) is 5.80. The van der Waals surface area contributed by atoms with Crippen LogP contribution in [0.5, 0.6) is 11.5 Å². The molecule has 1 amide bonds. The number of nitrogens with zero attached hydrogens (tertiary/aromatic N) is 1. The van der Waals surface area contributed by atoms with Crippen LogP contribution in [0.15, 0.2) is 42.5 Å². The molecule has 29 heavy (non-hydrogen) atoms. The number of hydrogen-bond acceptors (Lipinski definition) is 4. The average Bonchev–Trinajstić information content (AvgIpc) is 2.78. The Kier molecular flexibility index (Phi) is 5.56. The molecule has 5 nitrogen and oxygen atoms in total. The van der Waals surface area contributed by atoms with Gasteiger partial charge in [0, 0.05) is 30.1 Å². The Labute approximate surface area is 171 Å². The molecule has 0 bridgehead atoms. The van der Waals surface area contributed by atoms with Crippen LogP contribution >= 0.6 is 0 Å². The molecule has 2 aromatic carbocycles. The van der Waals surface area contributed by atoms with E-state index >= 15 is 0 Å². The molecule has 2 aliphatic heterocycles. The van der Waals surface area contributed by atoms with Gasteiger partial charge in [-0.05, 0) is 54.7 Å². The molecule has 0 spiro atoms. The van der Waals surface area contributed by atoms with E-state index in [9.17, 15) is 9.59 Å². The number of fused-ring (bicyclic) bond motifs is 1. The lowest BCUT2D eigenvalue weighted by molar-refractivity contribution is 0.0650. The van der Waals surface area contributed by atoms with Crippen molar-refractivity contribution in [1.29, 1.82) is 0 Å². The molecule has 0 saturated carbocycles. The Morgan fingerprint density at radius 1 is 0.897 bits per heavy atom. The first kappa shape index (κ1) is 19.5. The summed E-state index contributed by atoms with van der Waals surface area (Å²) in [5.41, 5.74) is 2.60. The van der Waals surface area contributed by atoms with E-state index in [2.05, 4.69) is 13.8 Å². The Bertz CT molecular complexity index is 896. The molecular weight excluding hydrogens is 366 g/mol. The second-order valence-electron chi connectivity index (χ2n) is 8.07. The molecule has 1 fully saturated rings. The molecule has 0 N–H and O–H groups in total. The lowest BCUT2D eigenvalue weighted by Crippen LogP contribution is -2.40. The number of carbonyl (C=O) groups excluding carboxylic acids is 2. The van der Waals surface area contributed by atoms with Crippen molar-refractivity contribution in [3.05, 3.63) is 59.2 Å². The van der Waals surface area contributed by atoms with E-state index < -0.39 is 0 Å². The fourth-order valence-corrected chi connectivity index (χ4v) is 3.97. The number of ketones is 1. The van der Waals surface area contributed by atoms with Crippen molar-refractivity contribution < 1.29 is 19.1 Å². The highest BCUT2D eigenvalue weighted by atomic mass is 16.6. The van der Waals surface area contributed by atoms with Gasteiger partial charge in [-0.25, -0.2) is 0 Å². The lowest BCUT2D eigenvalue weighted by atomic mass is 9.88. The van der Waals surface area contributed by atoms with Crippen molar-refractivity contribution >= 4 is 11.7 Å². The smallest absolute Gasteiger partial charge is 0.253 e. The van der Waals surface area contributed by atoms with Crippen LogP contribution in [0.4, 0.5) is 0 Å². The predicted molar refractivity (Wildman–Crippen MR) is 111 cm³/mol. The first-order valence-electron chi connectivity index (χ1n) is 10.4. The molecule has 2 aromatic rings. The van der Waals surface area contributed by atoms with E-state index in [0.29, 0.717) is 67.7 Å². The molecule has 0 radical (unpaired) electrons. The van der Waals surface area contributed by atoms with Crippen molar-refractivity contribution in [3.63, 3.8) is 0 Å². The van der Waals surface area contributed by atoms with Crippen molar-refractivity contribution in [2.75, 3.05) is 26.3 Å².